The summed E-state index contributed by atoms with van der Waals surface area (Å²) in [6.45, 7) is 9.04. The maximum absolute atomic E-state index is 13.4. The highest BCUT2D eigenvalue weighted by Crippen LogP contribution is 2.50. The first-order valence-electron chi connectivity index (χ1n) is 10.0. The van der Waals surface area contributed by atoms with Crippen LogP contribution in [0.1, 0.15) is 64.1 Å². The van der Waals surface area contributed by atoms with Crippen LogP contribution in [0.4, 0.5) is 0 Å². The van der Waals surface area contributed by atoms with E-state index in [1.165, 1.54) is 12.8 Å². The second kappa shape index (κ2) is 6.39. The van der Waals surface area contributed by atoms with Crippen molar-refractivity contribution in [1.82, 2.24) is 19.4 Å². The fourth-order valence-corrected chi connectivity index (χ4v) is 4.63. The maximum atomic E-state index is 13.4. The van der Waals surface area contributed by atoms with Gasteiger partial charge in [0.2, 0.25) is 11.8 Å². The predicted octanol–water partition coefficient (Wildman–Crippen LogP) is 2.43. The molecule has 2 amide bonds. The average molecular weight is 358 g/mol. The van der Waals surface area contributed by atoms with E-state index in [1.54, 1.807) is 0 Å². The van der Waals surface area contributed by atoms with Crippen LogP contribution in [0.15, 0.2) is 12.5 Å². The Hall–Kier alpha value is -1.85. The summed E-state index contributed by atoms with van der Waals surface area (Å²) in [7, 11) is 0. The molecule has 1 saturated carbocycles. The monoisotopic (exact) mass is 358 g/mol. The van der Waals surface area contributed by atoms with Gasteiger partial charge in [-0.3, -0.25) is 9.59 Å². The molecule has 6 nitrogen and oxygen atoms in total. The fourth-order valence-electron chi connectivity index (χ4n) is 4.63. The van der Waals surface area contributed by atoms with E-state index in [4.69, 9.17) is 0 Å². The van der Waals surface area contributed by atoms with Crippen LogP contribution in [0, 0.1) is 11.3 Å². The van der Waals surface area contributed by atoms with Gasteiger partial charge >= 0.3 is 0 Å². The molecule has 1 aliphatic carbocycles. The van der Waals surface area contributed by atoms with Crippen LogP contribution in [0.25, 0.3) is 0 Å². The van der Waals surface area contributed by atoms with Crippen LogP contribution < -0.4 is 0 Å². The number of imidazole rings is 1. The number of aromatic nitrogens is 2. The van der Waals surface area contributed by atoms with E-state index in [0.717, 1.165) is 25.2 Å². The number of hydrogen-bond donors (Lipinski definition) is 0. The molecule has 0 radical (unpaired) electrons. The summed E-state index contributed by atoms with van der Waals surface area (Å²) in [5, 5.41) is 0. The van der Waals surface area contributed by atoms with Gasteiger partial charge < -0.3 is 14.4 Å². The van der Waals surface area contributed by atoms with E-state index in [9.17, 15) is 9.59 Å². The summed E-state index contributed by atoms with van der Waals surface area (Å²) < 4.78 is 2.09. The lowest BCUT2D eigenvalue weighted by atomic mass is 9.75. The third kappa shape index (κ3) is 2.83. The minimum atomic E-state index is -0.476. The Morgan fingerprint density at radius 2 is 2.15 bits per heavy atom. The van der Waals surface area contributed by atoms with E-state index < -0.39 is 5.41 Å². The molecule has 1 aromatic rings. The molecule has 26 heavy (non-hydrogen) atoms. The molecule has 3 aliphatic rings. The van der Waals surface area contributed by atoms with Crippen LogP contribution in [0.5, 0.6) is 0 Å². The number of likely N-dealkylation sites (tertiary alicyclic amines) is 2. The highest BCUT2D eigenvalue weighted by atomic mass is 16.2. The number of amides is 2. The van der Waals surface area contributed by atoms with Crippen molar-refractivity contribution in [2.75, 3.05) is 26.2 Å². The molecule has 1 spiro atoms. The molecular formula is C20H30N4O2. The molecule has 2 aliphatic heterocycles. The van der Waals surface area contributed by atoms with Crippen molar-refractivity contribution in [2.45, 2.75) is 58.4 Å². The summed E-state index contributed by atoms with van der Waals surface area (Å²) in [4.78, 5) is 34.4. The zero-order chi connectivity index (χ0) is 18.5. The SMILES string of the molecule is CCC(=O)N1C[C@H](c2cn(C(C)C)cn2)[C@@]2(CCN(CC3CC3)C2=O)C1. The normalized spacial score (nSPS) is 28.8. The molecule has 4 rings (SSSR count). The van der Waals surface area contributed by atoms with Crippen LogP contribution in [0.3, 0.4) is 0 Å². The molecule has 0 bridgehead atoms. The average Bonchev–Trinajstić information content (AvgIpc) is 3.06. The minimum Gasteiger partial charge on any atom is -0.342 e. The third-order valence-corrected chi connectivity index (χ3v) is 6.49. The number of rotatable bonds is 5. The smallest absolute Gasteiger partial charge is 0.231 e. The lowest BCUT2D eigenvalue weighted by molar-refractivity contribution is -0.137. The van der Waals surface area contributed by atoms with Crippen LogP contribution in [-0.4, -0.2) is 57.3 Å². The molecular weight excluding hydrogens is 328 g/mol. The Morgan fingerprint density at radius 3 is 2.77 bits per heavy atom. The van der Waals surface area contributed by atoms with Gasteiger partial charge in [0.15, 0.2) is 0 Å². The molecule has 142 valence electrons. The summed E-state index contributed by atoms with van der Waals surface area (Å²) in [6, 6.07) is 0.340. The molecule has 0 N–H and O–H groups in total. The molecule has 6 heteroatoms. The summed E-state index contributed by atoms with van der Waals surface area (Å²) >= 11 is 0. The van der Waals surface area contributed by atoms with Crippen molar-refractivity contribution < 1.29 is 9.59 Å². The van der Waals surface area contributed by atoms with Crippen molar-refractivity contribution in [3.8, 4) is 0 Å². The van der Waals surface area contributed by atoms with Crippen molar-refractivity contribution >= 4 is 11.8 Å². The Balaban J connectivity index is 1.64. The van der Waals surface area contributed by atoms with E-state index in [1.807, 2.05) is 18.2 Å². The lowest BCUT2D eigenvalue weighted by Gasteiger charge is -2.27. The van der Waals surface area contributed by atoms with Crippen molar-refractivity contribution in [1.29, 1.82) is 0 Å². The Labute approximate surface area is 155 Å². The molecule has 1 aromatic heterocycles. The van der Waals surface area contributed by atoms with Gasteiger partial charge in [0.05, 0.1) is 17.4 Å². The number of carbonyl (C=O) groups is 2. The molecule has 2 atom stereocenters. The molecule has 2 saturated heterocycles. The fraction of sp³-hybridized carbons (Fsp3) is 0.750. The molecule has 3 heterocycles. The first kappa shape index (κ1) is 17.6. The number of nitrogens with zero attached hydrogens (tertiary/aromatic N) is 4. The van der Waals surface area contributed by atoms with Gasteiger partial charge in [-0.05, 0) is 39.0 Å². The van der Waals surface area contributed by atoms with Gasteiger partial charge in [0, 0.05) is 50.8 Å². The topological polar surface area (TPSA) is 58.4 Å². The third-order valence-electron chi connectivity index (χ3n) is 6.49. The second-order valence-electron chi connectivity index (χ2n) is 8.62. The molecule has 0 aromatic carbocycles. The Morgan fingerprint density at radius 1 is 1.38 bits per heavy atom. The van der Waals surface area contributed by atoms with Crippen LogP contribution in [0.2, 0.25) is 0 Å². The molecule has 3 fully saturated rings. The van der Waals surface area contributed by atoms with Crippen molar-refractivity contribution in [3.05, 3.63) is 18.2 Å². The summed E-state index contributed by atoms with van der Waals surface area (Å²) in [5.74, 6) is 1.10. The molecule has 0 unspecified atom stereocenters. The summed E-state index contributed by atoms with van der Waals surface area (Å²) in [5.41, 5.74) is 0.488. The van der Waals surface area contributed by atoms with Gasteiger partial charge in [-0.25, -0.2) is 4.98 Å². The standard InChI is InChI=1S/C20H30N4O2/c1-4-18(25)23-10-16(17-11-24(13-21-17)14(2)3)20(12-23)7-8-22(19(20)26)9-15-5-6-15/h11,13-16H,4-10,12H2,1-3H3/t16-,20-/m1/s1. The Kier molecular flexibility index (Phi) is 4.32. The Bertz CT molecular complexity index is 708. The number of hydrogen-bond acceptors (Lipinski definition) is 3. The van der Waals surface area contributed by atoms with Gasteiger partial charge in [0.25, 0.3) is 0 Å². The van der Waals surface area contributed by atoms with Crippen molar-refractivity contribution in [2.24, 2.45) is 11.3 Å². The van der Waals surface area contributed by atoms with Gasteiger partial charge in [0.1, 0.15) is 0 Å². The zero-order valence-electron chi connectivity index (χ0n) is 16.1. The lowest BCUT2D eigenvalue weighted by Crippen LogP contribution is -2.41. The largest absolute Gasteiger partial charge is 0.342 e. The van der Waals surface area contributed by atoms with E-state index in [2.05, 4.69) is 34.5 Å². The quantitative estimate of drug-likeness (QED) is 0.812. The predicted molar refractivity (Wildman–Crippen MR) is 98.6 cm³/mol. The van der Waals surface area contributed by atoms with Gasteiger partial charge in [-0.1, -0.05) is 6.92 Å². The van der Waals surface area contributed by atoms with Gasteiger partial charge in [-0.2, -0.15) is 0 Å². The van der Waals surface area contributed by atoms with Crippen LogP contribution in [-0.2, 0) is 9.59 Å². The first-order valence-corrected chi connectivity index (χ1v) is 10.0. The maximum Gasteiger partial charge on any atom is 0.231 e. The first-order chi connectivity index (χ1) is 12.4. The highest BCUT2D eigenvalue weighted by Gasteiger charge is 2.58. The zero-order valence-corrected chi connectivity index (χ0v) is 16.1. The minimum absolute atomic E-state index is 0.00898. The van der Waals surface area contributed by atoms with E-state index >= 15 is 0 Å². The van der Waals surface area contributed by atoms with Crippen LogP contribution >= 0.6 is 0 Å². The van der Waals surface area contributed by atoms with E-state index in [-0.39, 0.29) is 17.7 Å². The highest BCUT2D eigenvalue weighted by molar-refractivity contribution is 5.88. The van der Waals surface area contributed by atoms with Gasteiger partial charge in [-0.15, -0.1) is 0 Å². The van der Waals surface area contributed by atoms with Crippen molar-refractivity contribution in [3.63, 3.8) is 0 Å². The second-order valence-corrected chi connectivity index (χ2v) is 8.62. The van der Waals surface area contributed by atoms with E-state index in [0.29, 0.717) is 31.5 Å². The number of carbonyl (C=O) groups excluding carboxylic acids is 2. The summed E-state index contributed by atoms with van der Waals surface area (Å²) in [6.07, 6.45) is 7.76.